The number of thiophene rings is 1. The highest BCUT2D eigenvalue weighted by Gasteiger charge is 2.47. The van der Waals surface area contributed by atoms with Crippen molar-refractivity contribution in [1.29, 1.82) is 0 Å². The third-order valence-corrected chi connectivity index (χ3v) is 15.9. The van der Waals surface area contributed by atoms with Crippen molar-refractivity contribution < 1.29 is 0 Å². The normalized spacial score (nSPS) is 13.6. The average molecular weight is 900 g/mol. The number of aromatic nitrogens is 1. The zero-order chi connectivity index (χ0) is 47.0. The number of rotatable bonds is 4. The number of benzene rings is 8. The number of hydrogen-bond acceptors (Lipinski definition) is 3. The Kier molecular flexibility index (Phi) is 9.44. The third-order valence-electron chi connectivity index (χ3n) is 14.7. The van der Waals surface area contributed by atoms with Gasteiger partial charge in [-0.05, 0) is 134 Å². The predicted molar refractivity (Wildman–Crippen MR) is 296 cm³/mol. The first-order chi connectivity index (χ1) is 32.5. The largest absolute Gasteiger partial charge is 0.319 e. The first kappa shape index (κ1) is 42.5. The predicted octanol–water partition coefficient (Wildman–Crippen LogP) is 15.9. The van der Waals surface area contributed by atoms with Gasteiger partial charge < -0.3 is 14.4 Å². The molecule has 4 heterocycles. The van der Waals surface area contributed by atoms with Crippen LogP contribution in [0.2, 0.25) is 0 Å². The van der Waals surface area contributed by atoms with E-state index in [1.807, 2.05) is 11.3 Å². The molecule has 8 aromatic carbocycles. The van der Waals surface area contributed by atoms with Gasteiger partial charge in [-0.2, -0.15) is 0 Å². The van der Waals surface area contributed by atoms with E-state index in [0.717, 1.165) is 11.4 Å². The molecule has 5 heteroatoms. The molecule has 0 unspecified atom stereocenters. The first-order valence-electron chi connectivity index (χ1n) is 24.3. The molecule has 0 atom stereocenters. The van der Waals surface area contributed by atoms with Crippen molar-refractivity contribution in [3.8, 4) is 16.8 Å². The van der Waals surface area contributed by atoms with Gasteiger partial charge in [0.1, 0.15) is 0 Å². The van der Waals surface area contributed by atoms with Gasteiger partial charge in [0.2, 0.25) is 0 Å². The van der Waals surface area contributed by atoms with E-state index in [0.29, 0.717) is 0 Å². The Morgan fingerprint density at radius 1 is 0.456 bits per heavy atom. The molecule has 2 aromatic heterocycles. The van der Waals surface area contributed by atoms with Crippen molar-refractivity contribution >= 4 is 99.8 Å². The minimum absolute atomic E-state index is 0.0169. The van der Waals surface area contributed by atoms with Crippen molar-refractivity contribution in [3.63, 3.8) is 0 Å². The zero-order valence-corrected chi connectivity index (χ0v) is 41.8. The van der Waals surface area contributed by atoms with Gasteiger partial charge in [-0.1, -0.05) is 165 Å². The Hall–Kier alpha value is -6.82. The minimum atomic E-state index is -0.0928. The van der Waals surface area contributed by atoms with Gasteiger partial charge in [0.05, 0.1) is 11.2 Å². The second kappa shape index (κ2) is 15.1. The summed E-state index contributed by atoms with van der Waals surface area (Å²) in [6.07, 6.45) is 0. The summed E-state index contributed by atoms with van der Waals surface area (Å²) in [5, 5.41) is 3.92. The molecule has 2 aliphatic heterocycles. The monoisotopic (exact) mass is 899 g/mol. The molecule has 3 nitrogen and oxygen atoms in total. The van der Waals surface area contributed by atoms with Crippen LogP contribution in [0.15, 0.2) is 170 Å². The van der Waals surface area contributed by atoms with Crippen molar-refractivity contribution in [3.05, 3.63) is 192 Å². The number of anilines is 6. The SMILES string of the molecule is Cc1cc2c3c(c1)N(c1ccc(C(C)(C)C)cc1)c1c(n(-c4ccc(C(C)(C)C)cc4)c4ccc5c6ccccc6sc5c14)B3c1ccc(-c3ccccc3)cc1N2c1ccc(C(C)(C)C)cc1. The molecule has 334 valence electrons. The average Bonchev–Trinajstić information content (AvgIpc) is 3.87. The molecule has 0 N–H and O–H groups in total. The third kappa shape index (κ3) is 6.60. The first-order valence-corrected chi connectivity index (χ1v) is 25.1. The van der Waals surface area contributed by atoms with Crippen LogP contribution in [0.25, 0.3) is 47.9 Å². The van der Waals surface area contributed by atoms with E-state index < -0.39 is 0 Å². The summed E-state index contributed by atoms with van der Waals surface area (Å²) >= 11 is 1.93. The van der Waals surface area contributed by atoms with Crippen molar-refractivity contribution in [2.75, 3.05) is 9.80 Å². The van der Waals surface area contributed by atoms with E-state index in [2.05, 4.69) is 253 Å². The van der Waals surface area contributed by atoms with E-state index in [1.165, 1.54) is 109 Å². The maximum Gasteiger partial charge on any atom is 0.273 e. The van der Waals surface area contributed by atoms with Gasteiger partial charge in [0, 0.05) is 65.3 Å². The van der Waals surface area contributed by atoms with Crippen LogP contribution in [0, 0.1) is 6.92 Å². The van der Waals surface area contributed by atoms with Gasteiger partial charge >= 0.3 is 0 Å². The van der Waals surface area contributed by atoms with Crippen LogP contribution in [0.3, 0.4) is 0 Å². The van der Waals surface area contributed by atoms with E-state index in [1.54, 1.807) is 0 Å². The smallest absolute Gasteiger partial charge is 0.273 e. The molecule has 0 aliphatic carbocycles. The Bertz CT molecular complexity index is 3610. The van der Waals surface area contributed by atoms with Crippen LogP contribution in [-0.2, 0) is 16.2 Å². The van der Waals surface area contributed by atoms with Gasteiger partial charge in [0.15, 0.2) is 0 Å². The van der Waals surface area contributed by atoms with Crippen LogP contribution < -0.4 is 26.3 Å². The Morgan fingerprint density at radius 3 is 1.60 bits per heavy atom. The molecule has 0 spiro atoms. The van der Waals surface area contributed by atoms with Gasteiger partial charge in [-0.15, -0.1) is 11.3 Å². The summed E-state index contributed by atoms with van der Waals surface area (Å²) in [6, 6.07) is 65.1. The van der Waals surface area contributed by atoms with Crippen LogP contribution in [0.4, 0.5) is 34.1 Å². The maximum atomic E-state index is 2.64. The molecule has 12 rings (SSSR count). The second-order valence-corrected chi connectivity index (χ2v) is 23.4. The Labute approximate surface area is 406 Å². The molecule has 0 saturated heterocycles. The molecule has 10 aromatic rings. The van der Waals surface area contributed by atoms with Crippen LogP contribution >= 0.6 is 11.3 Å². The fraction of sp³-hybridized carbons (Fsp3) is 0.206. The van der Waals surface area contributed by atoms with Crippen LogP contribution in [0.5, 0.6) is 0 Å². The number of nitrogens with zero attached hydrogens (tertiary/aromatic N) is 3. The van der Waals surface area contributed by atoms with Gasteiger partial charge in [-0.25, -0.2) is 0 Å². The highest BCUT2D eigenvalue weighted by atomic mass is 32.1. The van der Waals surface area contributed by atoms with Crippen molar-refractivity contribution in [1.82, 2.24) is 4.57 Å². The second-order valence-electron chi connectivity index (χ2n) is 22.4. The highest BCUT2D eigenvalue weighted by Crippen LogP contribution is 2.51. The number of hydrogen-bond donors (Lipinski definition) is 0. The standard InChI is InChI=1S/C63H58BN3S/c1-39-36-53-57-54(37-39)66(46-29-23-43(24-30-46)62(5,6)7)58-56-51(35-33-49-48-18-14-15-19-55(48)68-59(49)56)67(47-31-25-44(26-32-47)63(8,9)10)60(58)64(57)50-34-20-41(40-16-12-11-13-17-40)38-52(50)65(53)45-27-21-42(22-28-45)61(2,3)4/h11-38H,1-10H3. The van der Waals surface area contributed by atoms with E-state index in [9.17, 15) is 0 Å². The zero-order valence-electron chi connectivity index (χ0n) is 41.0. The molecule has 0 saturated carbocycles. The van der Waals surface area contributed by atoms with Crippen molar-refractivity contribution in [2.45, 2.75) is 85.5 Å². The quantitative estimate of drug-likeness (QED) is 0.163. The summed E-state index contributed by atoms with van der Waals surface area (Å²) in [4.78, 5) is 5.21. The topological polar surface area (TPSA) is 11.4 Å². The lowest BCUT2D eigenvalue weighted by Crippen LogP contribution is -2.63. The molecule has 0 fully saturated rings. The lowest BCUT2D eigenvalue weighted by molar-refractivity contribution is 0.590. The molecular formula is C63H58BN3S. The lowest BCUT2D eigenvalue weighted by Gasteiger charge is -2.44. The van der Waals surface area contributed by atoms with Crippen LogP contribution in [-0.4, -0.2) is 11.3 Å². The van der Waals surface area contributed by atoms with E-state index in [4.69, 9.17) is 0 Å². The highest BCUT2D eigenvalue weighted by molar-refractivity contribution is 7.26. The molecule has 0 amide bonds. The number of aryl methyl sites for hydroxylation is 1. The minimum Gasteiger partial charge on any atom is -0.319 e. The maximum absolute atomic E-state index is 2.64. The summed E-state index contributed by atoms with van der Waals surface area (Å²) in [6.45, 7) is 22.9. The number of fused-ring (bicyclic) bond motifs is 10. The fourth-order valence-corrected chi connectivity index (χ4v) is 12.4. The lowest BCUT2D eigenvalue weighted by atomic mass is 9.34. The summed E-state index contributed by atoms with van der Waals surface area (Å²) in [5.41, 5.74) is 21.3. The van der Waals surface area contributed by atoms with Gasteiger partial charge in [-0.3, -0.25) is 0 Å². The fourth-order valence-electron chi connectivity index (χ4n) is 11.1. The molecule has 2 aliphatic rings. The van der Waals surface area contributed by atoms with Crippen molar-refractivity contribution in [2.24, 2.45) is 0 Å². The summed E-state index contributed by atoms with van der Waals surface area (Å²) in [5.74, 6) is 0. The van der Waals surface area contributed by atoms with Gasteiger partial charge in [0.25, 0.3) is 6.71 Å². The van der Waals surface area contributed by atoms with E-state index in [-0.39, 0.29) is 23.0 Å². The summed E-state index contributed by atoms with van der Waals surface area (Å²) in [7, 11) is 0. The van der Waals surface area contributed by atoms with Crippen LogP contribution in [0.1, 0.15) is 84.6 Å². The molecular weight excluding hydrogens is 842 g/mol. The van der Waals surface area contributed by atoms with E-state index >= 15 is 0 Å². The molecule has 0 bridgehead atoms. The summed E-state index contributed by atoms with van der Waals surface area (Å²) < 4.78 is 5.27. The molecule has 68 heavy (non-hydrogen) atoms. The Balaban J connectivity index is 1.25. The Morgan fingerprint density at radius 2 is 1.00 bits per heavy atom. The molecule has 0 radical (unpaired) electrons.